The van der Waals surface area contributed by atoms with Gasteiger partial charge in [-0.15, -0.1) is 24.0 Å². The van der Waals surface area contributed by atoms with Crippen LogP contribution in [0, 0.1) is 11.7 Å². The lowest BCUT2D eigenvalue weighted by Gasteiger charge is -2.19. The Morgan fingerprint density at radius 2 is 2.10 bits per heavy atom. The van der Waals surface area contributed by atoms with Gasteiger partial charge in [0.25, 0.3) is 0 Å². The number of ether oxygens (including phenoxy) is 2. The highest BCUT2D eigenvalue weighted by Gasteiger charge is 2.22. The van der Waals surface area contributed by atoms with E-state index in [0.717, 1.165) is 50.7 Å². The first-order valence-corrected chi connectivity index (χ1v) is 10.7. The van der Waals surface area contributed by atoms with E-state index in [-0.39, 0.29) is 35.8 Å². The fraction of sp³-hybridized carbons (Fsp3) is 0.682. The lowest BCUT2D eigenvalue weighted by molar-refractivity contribution is 0.161. The van der Waals surface area contributed by atoms with Gasteiger partial charge in [0.15, 0.2) is 17.5 Å². The van der Waals surface area contributed by atoms with Crippen LogP contribution in [0.15, 0.2) is 23.2 Å². The second kappa shape index (κ2) is 14.8. The molecule has 0 radical (unpaired) electrons. The van der Waals surface area contributed by atoms with E-state index in [1.165, 1.54) is 12.8 Å². The summed E-state index contributed by atoms with van der Waals surface area (Å²) in [4.78, 5) is 6.88. The van der Waals surface area contributed by atoms with Crippen LogP contribution >= 0.6 is 24.0 Å². The Morgan fingerprint density at radius 1 is 1.33 bits per heavy atom. The Bertz CT molecular complexity index is 644. The van der Waals surface area contributed by atoms with E-state index >= 15 is 0 Å². The molecular formula is C22H38FIN4O2. The Balaban J connectivity index is 0.00000450. The van der Waals surface area contributed by atoms with Crippen LogP contribution in [0.2, 0.25) is 0 Å². The van der Waals surface area contributed by atoms with Gasteiger partial charge in [-0.1, -0.05) is 6.07 Å². The zero-order chi connectivity index (χ0) is 21.1. The van der Waals surface area contributed by atoms with Crippen molar-refractivity contribution in [3.63, 3.8) is 0 Å². The number of aliphatic imine (C=N–C) groups is 1. The van der Waals surface area contributed by atoms with E-state index in [1.807, 2.05) is 19.9 Å². The van der Waals surface area contributed by atoms with Gasteiger partial charge in [0, 0.05) is 26.7 Å². The molecule has 0 saturated heterocycles. The molecule has 0 amide bonds. The third-order valence-corrected chi connectivity index (χ3v) is 4.97. The average Bonchev–Trinajstić information content (AvgIpc) is 3.53. The number of rotatable bonds is 13. The molecule has 1 fully saturated rings. The number of hydrogen-bond donors (Lipinski definition) is 2. The maximum Gasteiger partial charge on any atom is 0.191 e. The van der Waals surface area contributed by atoms with Crippen molar-refractivity contribution in [2.24, 2.45) is 10.9 Å². The molecule has 6 nitrogen and oxygen atoms in total. The van der Waals surface area contributed by atoms with Crippen molar-refractivity contribution in [3.8, 4) is 5.75 Å². The van der Waals surface area contributed by atoms with Crippen molar-refractivity contribution in [3.05, 3.63) is 29.6 Å². The van der Waals surface area contributed by atoms with Crippen LogP contribution in [0.3, 0.4) is 0 Å². The molecule has 0 aromatic heterocycles. The molecule has 1 aliphatic rings. The highest BCUT2D eigenvalue weighted by Crippen LogP contribution is 2.30. The molecule has 1 atom stereocenters. The van der Waals surface area contributed by atoms with E-state index in [0.29, 0.717) is 18.3 Å². The third kappa shape index (κ3) is 10.3. The summed E-state index contributed by atoms with van der Waals surface area (Å²) in [5, 5.41) is 6.62. The summed E-state index contributed by atoms with van der Waals surface area (Å²) >= 11 is 0. The van der Waals surface area contributed by atoms with E-state index in [1.54, 1.807) is 19.2 Å². The SMILES string of the molecule is CCNC(=NCCCN(C)CCOC)NC(C)c1ccc(OCC2CC2)c(F)c1.I. The van der Waals surface area contributed by atoms with E-state index in [9.17, 15) is 4.39 Å². The summed E-state index contributed by atoms with van der Waals surface area (Å²) in [5.41, 5.74) is 0.867. The number of halogens is 2. The number of methoxy groups -OCH3 is 1. The van der Waals surface area contributed by atoms with E-state index in [2.05, 4.69) is 27.6 Å². The predicted molar refractivity (Wildman–Crippen MR) is 132 cm³/mol. The third-order valence-electron chi connectivity index (χ3n) is 4.97. The number of hydrogen-bond acceptors (Lipinski definition) is 4. The molecule has 1 aromatic carbocycles. The Labute approximate surface area is 198 Å². The van der Waals surface area contributed by atoms with Crippen LogP contribution in [0.5, 0.6) is 5.75 Å². The fourth-order valence-corrected chi connectivity index (χ4v) is 2.89. The summed E-state index contributed by atoms with van der Waals surface area (Å²) in [6.45, 7) is 8.77. The van der Waals surface area contributed by atoms with Crippen molar-refractivity contribution in [2.45, 2.75) is 39.2 Å². The summed E-state index contributed by atoms with van der Waals surface area (Å²) < 4.78 is 25.0. The molecule has 2 rings (SSSR count). The average molecular weight is 536 g/mol. The molecular weight excluding hydrogens is 498 g/mol. The maximum atomic E-state index is 14.4. The molecule has 0 heterocycles. The van der Waals surface area contributed by atoms with Crippen molar-refractivity contribution < 1.29 is 13.9 Å². The van der Waals surface area contributed by atoms with Crippen LogP contribution in [0.4, 0.5) is 4.39 Å². The van der Waals surface area contributed by atoms with Gasteiger partial charge in [0.05, 0.1) is 19.3 Å². The molecule has 1 unspecified atom stereocenters. The van der Waals surface area contributed by atoms with Crippen LogP contribution in [0.1, 0.15) is 44.7 Å². The molecule has 0 spiro atoms. The van der Waals surface area contributed by atoms with Gasteiger partial charge in [-0.3, -0.25) is 4.99 Å². The highest BCUT2D eigenvalue weighted by molar-refractivity contribution is 14.0. The van der Waals surface area contributed by atoms with Gasteiger partial charge in [-0.05, 0) is 70.3 Å². The van der Waals surface area contributed by atoms with Gasteiger partial charge in [-0.25, -0.2) is 4.39 Å². The van der Waals surface area contributed by atoms with Gasteiger partial charge in [0.2, 0.25) is 0 Å². The quantitative estimate of drug-likeness (QED) is 0.174. The van der Waals surface area contributed by atoms with E-state index < -0.39 is 0 Å². The minimum Gasteiger partial charge on any atom is -0.490 e. The summed E-state index contributed by atoms with van der Waals surface area (Å²) in [6, 6.07) is 5.13. The molecule has 0 aliphatic heterocycles. The smallest absolute Gasteiger partial charge is 0.191 e. The lowest BCUT2D eigenvalue weighted by atomic mass is 10.1. The number of guanidine groups is 1. The fourth-order valence-electron chi connectivity index (χ4n) is 2.89. The van der Waals surface area contributed by atoms with E-state index in [4.69, 9.17) is 9.47 Å². The summed E-state index contributed by atoms with van der Waals surface area (Å²) in [7, 11) is 3.80. The standard InChI is InChI=1S/C22H37FN4O2.HI/c1-5-24-22(25-11-6-12-27(3)13-14-28-4)26-17(2)19-9-10-21(20(23)15-19)29-16-18-7-8-18;/h9-10,15,17-18H,5-8,11-14,16H2,1-4H3,(H2,24,25,26);1H. The Kier molecular flexibility index (Phi) is 13.3. The molecule has 1 aromatic rings. The molecule has 8 heteroatoms. The molecule has 1 aliphatic carbocycles. The first-order chi connectivity index (χ1) is 14.0. The topological polar surface area (TPSA) is 58.1 Å². The summed E-state index contributed by atoms with van der Waals surface area (Å²) in [6.07, 6.45) is 3.35. The van der Waals surface area contributed by atoms with Crippen molar-refractivity contribution in [1.29, 1.82) is 0 Å². The zero-order valence-electron chi connectivity index (χ0n) is 18.7. The van der Waals surface area contributed by atoms with Gasteiger partial charge >= 0.3 is 0 Å². The first-order valence-electron chi connectivity index (χ1n) is 10.7. The molecule has 30 heavy (non-hydrogen) atoms. The normalized spacial score (nSPS) is 14.9. The zero-order valence-corrected chi connectivity index (χ0v) is 21.1. The maximum absolute atomic E-state index is 14.4. The molecule has 1 saturated carbocycles. The van der Waals surface area contributed by atoms with Crippen LogP contribution < -0.4 is 15.4 Å². The second-order valence-corrected chi connectivity index (χ2v) is 7.72. The van der Waals surface area contributed by atoms with Crippen molar-refractivity contribution in [1.82, 2.24) is 15.5 Å². The number of nitrogens with zero attached hydrogens (tertiary/aromatic N) is 2. The second-order valence-electron chi connectivity index (χ2n) is 7.72. The molecule has 2 N–H and O–H groups in total. The molecule has 0 bridgehead atoms. The monoisotopic (exact) mass is 536 g/mol. The number of likely N-dealkylation sites (N-methyl/N-ethyl adjacent to an activating group) is 1. The van der Waals surface area contributed by atoms with Crippen LogP contribution in [0.25, 0.3) is 0 Å². The minimum atomic E-state index is -0.308. The number of benzene rings is 1. The number of nitrogens with one attached hydrogen (secondary N) is 2. The van der Waals surface area contributed by atoms with Gasteiger partial charge in [-0.2, -0.15) is 0 Å². The van der Waals surface area contributed by atoms with Crippen LogP contribution in [-0.4, -0.2) is 64.4 Å². The summed E-state index contributed by atoms with van der Waals surface area (Å²) in [5.74, 6) is 1.38. The Morgan fingerprint density at radius 3 is 2.73 bits per heavy atom. The molecule has 172 valence electrons. The van der Waals surface area contributed by atoms with Crippen LogP contribution in [-0.2, 0) is 4.74 Å². The van der Waals surface area contributed by atoms with Crippen molar-refractivity contribution in [2.75, 3.05) is 53.6 Å². The minimum absolute atomic E-state index is 0. The predicted octanol–water partition coefficient (Wildman–Crippen LogP) is 3.82. The highest BCUT2D eigenvalue weighted by atomic mass is 127. The largest absolute Gasteiger partial charge is 0.490 e. The van der Waals surface area contributed by atoms with Gasteiger partial charge in [0.1, 0.15) is 0 Å². The lowest BCUT2D eigenvalue weighted by Crippen LogP contribution is -2.39. The first kappa shape index (κ1) is 26.9. The Hall–Kier alpha value is -1.13. The van der Waals surface area contributed by atoms with Crippen molar-refractivity contribution >= 4 is 29.9 Å². The van der Waals surface area contributed by atoms with Gasteiger partial charge < -0.3 is 25.0 Å².